The number of carbonyl (C=O) groups is 3. The molecule has 0 bridgehead atoms. The van der Waals surface area contributed by atoms with Gasteiger partial charge in [0.1, 0.15) is 12.1 Å². The van der Waals surface area contributed by atoms with Crippen molar-refractivity contribution in [3.8, 4) is 0 Å². The van der Waals surface area contributed by atoms with E-state index in [1.165, 1.54) is 25.1 Å². The maximum Gasteiger partial charge on any atom is 0.416 e. The number of hydrogen-bond acceptors (Lipinski definition) is 4. The van der Waals surface area contributed by atoms with Gasteiger partial charge >= 0.3 is 12.1 Å². The van der Waals surface area contributed by atoms with Crippen LogP contribution in [-0.2, 0) is 38.1 Å². The highest BCUT2D eigenvalue weighted by Gasteiger charge is 2.35. The minimum atomic E-state index is -4.62. The highest BCUT2D eigenvalue weighted by molar-refractivity contribution is 5.90. The van der Waals surface area contributed by atoms with Crippen LogP contribution >= 0.6 is 0 Å². The van der Waals surface area contributed by atoms with Crippen molar-refractivity contribution in [3.63, 3.8) is 0 Å². The third kappa shape index (κ3) is 7.13. The van der Waals surface area contributed by atoms with Gasteiger partial charge < -0.3 is 15.4 Å². The second-order valence-corrected chi connectivity index (χ2v) is 6.89. The van der Waals surface area contributed by atoms with E-state index in [1.807, 2.05) is 0 Å². The van der Waals surface area contributed by atoms with E-state index in [-0.39, 0.29) is 12.0 Å². The molecule has 6 nitrogen and oxygen atoms in total. The first-order chi connectivity index (χ1) is 14.6. The van der Waals surface area contributed by atoms with E-state index in [0.717, 1.165) is 18.7 Å². The first-order valence-electron chi connectivity index (χ1n) is 9.46. The number of carbonyl (C=O) groups excluding carboxylic acids is 3. The lowest BCUT2D eigenvalue weighted by Crippen LogP contribution is -2.53. The molecule has 9 heteroatoms. The molecule has 0 unspecified atom stereocenters. The van der Waals surface area contributed by atoms with Crippen LogP contribution in [0.25, 0.3) is 0 Å². The van der Waals surface area contributed by atoms with Crippen molar-refractivity contribution in [3.05, 3.63) is 71.3 Å². The molecule has 0 aliphatic rings. The van der Waals surface area contributed by atoms with Crippen LogP contribution in [0.3, 0.4) is 0 Å². The largest absolute Gasteiger partial charge is 0.467 e. The minimum absolute atomic E-state index is 0.138. The number of halogens is 3. The van der Waals surface area contributed by atoms with E-state index in [4.69, 9.17) is 0 Å². The van der Waals surface area contributed by atoms with Crippen molar-refractivity contribution < 1.29 is 32.3 Å². The summed E-state index contributed by atoms with van der Waals surface area (Å²) in [4.78, 5) is 36.6. The molecule has 2 rings (SSSR count). The molecule has 0 saturated heterocycles. The molecule has 2 aromatic carbocycles. The number of rotatable bonds is 8. The molecule has 0 aliphatic heterocycles. The van der Waals surface area contributed by atoms with Gasteiger partial charge in [-0.15, -0.1) is 0 Å². The average Bonchev–Trinajstić information content (AvgIpc) is 2.72. The normalized spacial score (nSPS) is 13.1. The van der Waals surface area contributed by atoms with Gasteiger partial charge in [-0.1, -0.05) is 48.5 Å². The van der Waals surface area contributed by atoms with E-state index in [1.54, 1.807) is 30.3 Å². The third-order valence-electron chi connectivity index (χ3n) is 4.53. The van der Waals surface area contributed by atoms with E-state index in [2.05, 4.69) is 15.4 Å². The lowest BCUT2D eigenvalue weighted by molar-refractivity contribution is -0.146. The Kier molecular flexibility index (Phi) is 8.18. The fourth-order valence-electron chi connectivity index (χ4n) is 3.11. The fraction of sp³-hybridized carbons (Fsp3) is 0.318. The molecule has 2 amide bonds. The maximum atomic E-state index is 13.3. The zero-order chi connectivity index (χ0) is 23.0. The second-order valence-electron chi connectivity index (χ2n) is 6.89. The lowest BCUT2D eigenvalue weighted by Gasteiger charge is -2.23. The van der Waals surface area contributed by atoms with Gasteiger partial charge in [-0.3, -0.25) is 9.59 Å². The summed E-state index contributed by atoms with van der Waals surface area (Å²) in [6, 6.07) is 11.3. The van der Waals surface area contributed by atoms with Crippen molar-refractivity contribution in [2.24, 2.45) is 0 Å². The maximum absolute atomic E-state index is 13.3. The molecule has 0 radical (unpaired) electrons. The summed E-state index contributed by atoms with van der Waals surface area (Å²) in [5, 5.41) is 4.93. The zero-order valence-electron chi connectivity index (χ0n) is 17.0. The Morgan fingerprint density at radius 3 is 2.10 bits per heavy atom. The highest BCUT2D eigenvalue weighted by Crippen LogP contribution is 2.32. The SMILES string of the molecule is COC(=O)[C@H](Cc1ccccc1C(F)(F)F)NC(=O)[C@H](Cc1ccccc1)NC(C)=O. The summed E-state index contributed by atoms with van der Waals surface area (Å²) >= 11 is 0. The average molecular weight is 436 g/mol. The molecular weight excluding hydrogens is 413 g/mol. The third-order valence-corrected chi connectivity index (χ3v) is 4.53. The van der Waals surface area contributed by atoms with Crippen LogP contribution in [0, 0.1) is 0 Å². The molecule has 166 valence electrons. The van der Waals surface area contributed by atoms with E-state index >= 15 is 0 Å². The molecule has 0 spiro atoms. The second kappa shape index (κ2) is 10.6. The van der Waals surface area contributed by atoms with Gasteiger partial charge in [0.2, 0.25) is 11.8 Å². The Morgan fingerprint density at radius 2 is 1.52 bits per heavy atom. The number of hydrogen-bond donors (Lipinski definition) is 2. The number of benzene rings is 2. The van der Waals surface area contributed by atoms with E-state index in [0.29, 0.717) is 0 Å². The summed E-state index contributed by atoms with van der Waals surface area (Å²) in [6.45, 7) is 1.24. The van der Waals surface area contributed by atoms with Crippen LogP contribution in [0.1, 0.15) is 23.6 Å². The Hall–Kier alpha value is -3.36. The van der Waals surface area contributed by atoms with E-state index < -0.39 is 48.0 Å². The van der Waals surface area contributed by atoms with Crippen molar-refractivity contribution in [1.82, 2.24) is 10.6 Å². The summed E-state index contributed by atoms with van der Waals surface area (Å²) < 4.78 is 44.6. The molecule has 0 saturated carbocycles. The van der Waals surface area contributed by atoms with Crippen LogP contribution in [0.15, 0.2) is 54.6 Å². The number of alkyl halides is 3. The molecule has 0 fully saturated rings. The Morgan fingerprint density at radius 1 is 0.903 bits per heavy atom. The van der Waals surface area contributed by atoms with Crippen LogP contribution < -0.4 is 10.6 Å². The molecule has 2 aromatic rings. The van der Waals surface area contributed by atoms with Gasteiger partial charge in [0.25, 0.3) is 0 Å². The van der Waals surface area contributed by atoms with Crippen molar-refractivity contribution in [1.29, 1.82) is 0 Å². The summed E-state index contributed by atoms with van der Waals surface area (Å²) in [5.74, 6) is -2.07. The van der Waals surface area contributed by atoms with Crippen LogP contribution in [0.5, 0.6) is 0 Å². The first-order valence-corrected chi connectivity index (χ1v) is 9.46. The highest BCUT2D eigenvalue weighted by atomic mass is 19.4. The number of amides is 2. The van der Waals surface area contributed by atoms with Gasteiger partial charge in [-0.05, 0) is 17.2 Å². The summed E-state index contributed by atoms with van der Waals surface area (Å²) in [5.41, 5.74) is -0.306. The van der Waals surface area contributed by atoms with Crippen molar-refractivity contribution in [2.75, 3.05) is 7.11 Å². The Labute approximate surface area is 177 Å². The summed E-state index contributed by atoms with van der Waals surface area (Å²) in [6.07, 6.45) is -4.90. The predicted octanol–water partition coefficient (Wildman–Crippen LogP) is 2.65. The van der Waals surface area contributed by atoms with Gasteiger partial charge in [0, 0.05) is 19.8 Å². The predicted molar refractivity (Wildman–Crippen MR) is 107 cm³/mol. The molecule has 31 heavy (non-hydrogen) atoms. The smallest absolute Gasteiger partial charge is 0.416 e. The monoisotopic (exact) mass is 436 g/mol. The molecule has 0 aromatic heterocycles. The quantitative estimate of drug-likeness (QED) is 0.624. The van der Waals surface area contributed by atoms with Crippen LogP contribution in [-0.4, -0.2) is 37.0 Å². The van der Waals surface area contributed by atoms with E-state index in [9.17, 15) is 27.6 Å². The molecule has 2 N–H and O–H groups in total. The van der Waals surface area contributed by atoms with Gasteiger partial charge in [0.15, 0.2) is 0 Å². The Bertz CT molecular complexity index is 916. The molecule has 0 aliphatic carbocycles. The van der Waals surface area contributed by atoms with Crippen LogP contribution in [0.4, 0.5) is 13.2 Å². The minimum Gasteiger partial charge on any atom is -0.467 e. The topological polar surface area (TPSA) is 84.5 Å². The van der Waals surface area contributed by atoms with Crippen LogP contribution in [0.2, 0.25) is 0 Å². The standard InChI is InChI=1S/C22H23F3N2O4/c1-14(28)26-18(12-15-8-4-3-5-9-15)20(29)27-19(21(30)31-2)13-16-10-6-7-11-17(16)22(23,24)25/h3-11,18-19H,12-13H2,1-2H3,(H,26,28)(H,27,29)/t18-,19-/m0/s1. The first kappa shape index (κ1) is 23.9. The van der Waals surface area contributed by atoms with Gasteiger partial charge in [-0.25, -0.2) is 4.79 Å². The number of nitrogens with one attached hydrogen (secondary N) is 2. The molecule has 0 heterocycles. The lowest BCUT2D eigenvalue weighted by atomic mass is 9.99. The van der Waals surface area contributed by atoms with Gasteiger partial charge in [0.05, 0.1) is 12.7 Å². The number of methoxy groups -OCH3 is 1. The Balaban J connectivity index is 2.25. The zero-order valence-corrected chi connectivity index (χ0v) is 17.0. The molecular formula is C22H23F3N2O4. The van der Waals surface area contributed by atoms with Crippen molar-refractivity contribution >= 4 is 17.8 Å². The summed E-state index contributed by atoms with van der Waals surface area (Å²) in [7, 11) is 1.08. The number of ether oxygens (including phenoxy) is 1. The number of esters is 1. The molecule has 2 atom stereocenters. The fourth-order valence-corrected chi connectivity index (χ4v) is 3.11. The van der Waals surface area contributed by atoms with Gasteiger partial charge in [-0.2, -0.15) is 13.2 Å². The van der Waals surface area contributed by atoms with Crippen molar-refractivity contribution in [2.45, 2.75) is 38.0 Å².